The van der Waals surface area contributed by atoms with Gasteiger partial charge < -0.3 is 4.74 Å². The van der Waals surface area contributed by atoms with E-state index in [-0.39, 0.29) is 10.8 Å². The fraction of sp³-hybridized carbons (Fsp3) is 0.143. The van der Waals surface area contributed by atoms with Crippen molar-refractivity contribution < 1.29 is 13.2 Å². The van der Waals surface area contributed by atoms with Gasteiger partial charge in [-0.3, -0.25) is 4.57 Å². The Balaban J connectivity index is 1.77. The first-order valence-electron chi connectivity index (χ1n) is 6.64. The van der Waals surface area contributed by atoms with Gasteiger partial charge in [0.2, 0.25) is 0 Å². The van der Waals surface area contributed by atoms with Gasteiger partial charge in [0, 0.05) is 25.1 Å². The highest BCUT2D eigenvalue weighted by Gasteiger charge is 2.20. The number of aromatic nitrogens is 3. The summed E-state index contributed by atoms with van der Waals surface area (Å²) in [6.45, 7) is 0.160. The molecule has 3 aromatic rings. The average molecular weight is 350 g/mol. The Morgan fingerprint density at radius 2 is 2.22 bits per heavy atom. The van der Waals surface area contributed by atoms with Gasteiger partial charge in [-0.05, 0) is 29.1 Å². The summed E-state index contributed by atoms with van der Waals surface area (Å²) in [5.41, 5.74) is 0.794. The lowest BCUT2D eigenvalue weighted by Crippen LogP contribution is -2.23. The Kier molecular flexibility index (Phi) is 4.42. The molecule has 0 aliphatic heterocycles. The highest BCUT2D eigenvalue weighted by molar-refractivity contribution is 7.91. The molecule has 0 aromatic carbocycles. The minimum Gasteiger partial charge on any atom is -0.494 e. The number of ether oxygens (including phenoxy) is 1. The molecule has 0 fully saturated rings. The molecule has 0 atom stereocenters. The number of pyridine rings is 1. The van der Waals surface area contributed by atoms with Crippen molar-refractivity contribution in [2.75, 3.05) is 7.11 Å². The van der Waals surface area contributed by atoms with Crippen LogP contribution in [0.4, 0.5) is 0 Å². The monoisotopic (exact) mass is 350 g/mol. The number of thiophene rings is 1. The Bertz CT molecular complexity index is 888. The summed E-state index contributed by atoms with van der Waals surface area (Å²) in [6.07, 6.45) is 6.68. The second kappa shape index (κ2) is 6.49. The number of imidazole rings is 1. The van der Waals surface area contributed by atoms with Crippen LogP contribution in [0.15, 0.2) is 52.7 Å². The van der Waals surface area contributed by atoms with Crippen LogP contribution < -0.4 is 9.46 Å². The molecule has 0 radical (unpaired) electrons. The third kappa shape index (κ3) is 3.41. The molecule has 0 unspecified atom stereocenters. The average Bonchev–Trinajstić information content (AvgIpc) is 3.24. The standard InChI is InChI=1S/C14H14N4O3S2/c1-21-12-3-7-22-14(12)23(19,20)17-9-11-2-4-16-13(8-11)18-6-5-15-10-18/h2-8,10,17H,9H2,1H3. The number of hydrogen-bond donors (Lipinski definition) is 1. The highest BCUT2D eigenvalue weighted by Crippen LogP contribution is 2.29. The second-order valence-corrected chi connectivity index (χ2v) is 7.47. The van der Waals surface area contributed by atoms with E-state index in [1.54, 1.807) is 53.1 Å². The summed E-state index contributed by atoms with van der Waals surface area (Å²) in [4.78, 5) is 8.20. The molecular formula is C14H14N4O3S2. The quantitative estimate of drug-likeness (QED) is 0.733. The zero-order valence-corrected chi connectivity index (χ0v) is 13.8. The van der Waals surface area contributed by atoms with Crippen LogP contribution in [0.5, 0.6) is 5.75 Å². The third-order valence-corrected chi connectivity index (χ3v) is 5.95. The van der Waals surface area contributed by atoms with E-state index in [1.807, 2.05) is 0 Å². The van der Waals surface area contributed by atoms with E-state index in [9.17, 15) is 8.42 Å². The van der Waals surface area contributed by atoms with Gasteiger partial charge in [-0.1, -0.05) is 0 Å². The van der Waals surface area contributed by atoms with Gasteiger partial charge in [-0.25, -0.2) is 23.1 Å². The SMILES string of the molecule is COc1ccsc1S(=O)(=O)NCc1ccnc(-n2ccnc2)c1. The van der Waals surface area contributed by atoms with Gasteiger partial charge in [-0.15, -0.1) is 11.3 Å². The molecule has 0 aliphatic carbocycles. The van der Waals surface area contributed by atoms with E-state index in [1.165, 1.54) is 7.11 Å². The molecule has 120 valence electrons. The van der Waals surface area contributed by atoms with E-state index in [0.717, 1.165) is 16.9 Å². The van der Waals surface area contributed by atoms with Crippen molar-refractivity contribution in [3.63, 3.8) is 0 Å². The van der Waals surface area contributed by atoms with Crippen LogP contribution in [0.3, 0.4) is 0 Å². The number of nitrogens with one attached hydrogen (secondary N) is 1. The normalized spacial score (nSPS) is 11.5. The minimum absolute atomic E-state index is 0.160. The first kappa shape index (κ1) is 15.7. The van der Waals surface area contributed by atoms with Crippen molar-refractivity contribution in [2.45, 2.75) is 10.8 Å². The van der Waals surface area contributed by atoms with Crippen LogP contribution in [0.2, 0.25) is 0 Å². The minimum atomic E-state index is -3.62. The molecule has 1 N–H and O–H groups in total. The van der Waals surface area contributed by atoms with Gasteiger partial charge in [0.1, 0.15) is 17.9 Å². The molecule has 7 nitrogen and oxygen atoms in total. The Hall–Kier alpha value is -2.23. The van der Waals surface area contributed by atoms with Crippen LogP contribution in [0.25, 0.3) is 5.82 Å². The molecule has 0 spiro atoms. The maximum absolute atomic E-state index is 12.3. The summed E-state index contributed by atoms with van der Waals surface area (Å²) in [7, 11) is -2.17. The summed E-state index contributed by atoms with van der Waals surface area (Å²) < 4.78 is 34.3. The fourth-order valence-electron chi connectivity index (χ4n) is 1.98. The summed E-state index contributed by atoms with van der Waals surface area (Å²) >= 11 is 1.12. The number of sulfonamides is 1. The first-order valence-corrected chi connectivity index (χ1v) is 9.01. The van der Waals surface area contributed by atoms with Crippen molar-refractivity contribution in [1.82, 2.24) is 19.3 Å². The lowest BCUT2D eigenvalue weighted by atomic mass is 10.2. The van der Waals surface area contributed by atoms with E-state index >= 15 is 0 Å². The van der Waals surface area contributed by atoms with Crippen LogP contribution in [-0.4, -0.2) is 30.1 Å². The molecule has 23 heavy (non-hydrogen) atoms. The smallest absolute Gasteiger partial charge is 0.254 e. The lowest BCUT2D eigenvalue weighted by Gasteiger charge is -2.08. The predicted molar refractivity (Wildman–Crippen MR) is 86.3 cm³/mol. The van der Waals surface area contributed by atoms with Gasteiger partial charge in [0.05, 0.1) is 7.11 Å². The highest BCUT2D eigenvalue weighted by atomic mass is 32.2. The molecule has 0 aliphatic rings. The summed E-state index contributed by atoms with van der Waals surface area (Å²) in [5, 5.41) is 1.68. The largest absolute Gasteiger partial charge is 0.494 e. The molecule has 0 amide bonds. The molecule has 0 saturated carbocycles. The second-order valence-electron chi connectivity index (χ2n) is 4.59. The van der Waals surface area contributed by atoms with Gasteiger partial charge in [0.25, 0.3) is 10.0 Å². The first-order chi connectivity index (χ1) is 11.1. The molecule has 3 rings (SSSR count). The van der Waals surface area contributed by atoms with E-state index in [2.05, 4.69) is 14.7 Å². The Morgan fingerprint density at radius 1 is 1.35 bits per heavy atom. The molecule has 0 bridgehead atoms. The Labute approximate surface area is 137 Å². The number of rotatable bonds is 6. The van der Waals surface area contributed by atoms with Crippen molar-refractivity contribution in [3.05, 3.63) is 54.1 Å². The number of hydrogen-bond acceptors (Lipinski definition) is 6. The van der Waals surface area contributed by atoms with Crippen LogP contribution in [-0.2, 0) is 16.6 Å². The van der Waals surface area contributed by atoms with E-state index < -0.39 is 10.0 Å². The summed E-state index contributed by atoms with van der Waals surface area (Å²) in [6, 6.07) is 5.19. The number of nitrogens with zero attached hydrogens (tertiary/aromatic N) is 3. The van der Waals surface area contributed by atoms with Crippen LogP contribution in [0, 0.1) is 0 Å². The van der Waals surface area contributed by atoms with Crippen LogP contribution in [0.1, 0.15) is 5.56 Å². The molecule has 3 heterocycles. The van der Waals surface area contributed by atoms with E-state index in [4.69, 9.17) is 4.74 Å². The van der Waals surface area contributed by atoms with Crippen molar-refractivity contribution in [3.8, 4) is 11.6 Å². The van der Waals surface area contributed by atoms with Crippen molar-refractivity contribution in [1.29, 1.82) is 0 Å². The topological polar surface area (TPSA) is 86.1 Å². The van der Waals surface area contributed by atoms with Gasteiger partial charge in [-0.2, -0.15) is 0 Å². The van der Waals surface area contributed by atoms with E-state index in [0.29, 0.717) is 11.6 Å². The predicted octanol–water partition coefficient (Wildman–Crippen LogP) is 1.82. The fourth-order valence-corrected chi connectivity index (χ4v) is 4.32. The van der Waals surface area contributed by atoms with Crippen molar-refractivity contribution >= 4 is 21.4 Å². The molecule has 9 heteroatoms. The van der Waals surface area contributed by atoms with Gasteiger partial charge >= 0.3 is 0 Å². The van der Waals surface area contributed by atoms with Crippen molar-refractivity contribution in [2.24, 2.45) is 0 Å². The zero-order valence-electron chi connectivity index (χ0n) is 12.2. The Morgan fingerprint density at radius 3 is 2.96 bits per heavy atom. The summed E-state index contributed by atoms with van der Waals surface area (Å²) in [5.74, 6) is 1.02. The third-order valence-electron chi connectivity index (χ3n) is 3.10. The number of methoxy groups -OCH3 is 1. The maximum Gasteiger partial charge on any atom is 0.254 e. The zero-order chi connectivity index (χ0) is 16.3. The van der Waals surface area contributed by atoms with Crippen LogP contribution >= 0.6 is 11.3 Å². The molecule has 3 aromatic heterocycles. The molecular weight excluding hydrogens is 336 g/mol. The maximum atomic E-state index is 12.3. The van der Waals surface area contributed by atoms with Gasteiger partial charge in [0.15, 0.2) is 4.21 Å². The lowest BCUT2D eigenvalue weighted by molar-refractivity contribution is 0.406. The molecule has 0 saturated heterocycles.